The van der Waals surface area contributed by atoms with E-state index < -0.39 is 0 Å². The lowest BCUT2D eigenvalue weighted by molar-refractivity contribution is -0.126. The fraction of sp³-hybridized carbons (Fsp3) is 0.381. The minimum absolute atomic E-state index is 0.0722. The van der Waals surface area contributed by atoms with E-state index >= 15 is 0 Å². The Morgan fingerprint density at radius 3 is 2.62 bits per heavy atom. The minimum Gasteiger partial charge on any atom is -0.350 e. The lowest BCUT2D eigenvalue weighted by Crippen LogP contribution is -2.53. The van der Waals surface area contributed by atoms with E-state index in [2.05, 4.69) is 57.6 Å². The SMILES string of the molecule is CC(C(=O)NCc1cccs1)N1CCN(C/C=C/c2ccccc2)CC1. The van der Waals surface area contributed by atoms with Crippen molar-refractivity contribution in [2.24, 2.45) is 0 Å². The molecule has 1 atom stereocenters. The molecule has 1 amide bonds. The summed E-state index contributed by atoms with van der Waals surface area (Å²) in [7, 11) is 0. The molecule has 1 aromatic carbocycles. The topological polar surface area (TPSA) is 35.6 Å². The van der Waals surface area contributed by atoms with Crippen LogP contribution in [0, 0.1) is 0 Å². The number of carbonyl (C=O) groups is 1. The summed E-state index contributed by atoms with van der Waals surface area (Å²) in [6.07, 6.45) is 4.40. The molecule has 1 aliphatic heterocycles. The fourth-order valence-electron chi connectivity index (χ4n) is 3.14. The number of piperazine rings is 1. The van der Waals surface area contributed by atoms with Crippen LogP contribution in [0.2, 0.25) is 0 Å². The number of amides is 1. The molecule has 26 heavy (non-hydrogen) atoms. The molecule has 138 valence electrons. The molecule has 1 fully saturated rings. The number of nitrogens with one attached hydrogen (secondary N) is 1. The van der Waals surface area contributed by atoms with E-state index in [9.17, 15) is 4.79 Å². The number of hydrogen-bond donors (Lipinski definition) is 1. The molecule has 1 aliphatic rings. The first kappa shape index (κ1) is 18.8. The summed E-state index contributed by atoms with van der Waals surface area (Å²) in [6.45, 7) is 7.48. The first-order valence-electron chi connectivity index (χ1n) is 9.20. The smallest absolute Gasteiger partial charge is 0.237 e. The molecule has 4 nitrogen and oxygen atoms in total. The molecular formula is C21H27N3OS. The quantitative estimate of drug-likeness (QED) is 0.815. The summed E-state index contributed by atoms with van der Waals surface area (Å²) in [5.74, 6) is 0.121. The fourth-order valence-corrected chi connectivity index (χ4v) is 3.78. The minimum atomic E-state index is -0.0722. The van der Waals surface area contributed by atoms with Crippen LogP contribution in [0.25, 0.3) is 6.08 Å². The van der Waals surface area contributed by atoms with Gasteiger partial charge < -0.3 is 5.32 Å². The van der Waals surface area contributed by atoms with Crippen LogP contribution in [-0.2, 0) is 11.3 Å². The van der Waals surface area contributed by atoms with Gasteiger partial charge in [0.1, 0.15) is 0 Å². The molecule has 0 radical (unpaired) electrons. The molecule has 1 N–H and O–H groups in total. The van der Waals surface area contributed by atoms with Crippen LogP contribution in [0.5, 0.6) is 0 Å². The summed E-state index contributed by atoms with van der Waals surface area (Å²) in [5.41, 5.74) is 1.24. The van der Waals surface area contributed by atoms with Crippen LogP contribution in [0.3, 0.4) is 0 Å². The zero-order valence-electron chi connectivity index (χ0n) is 15.3. The summed E-state index contributed by atoms with van der Waals surface area (Å²) >= 11 is 1.68. The molecule has 0 aliphatic carbocycles. The van der Waals surface area contributed by atoms with Gasteiger partial charge in [0, 0.05) is 37.6 Å². The third kappa shape index (κ3) is 5.53. The van der Waals surface area contributed by atoms with Crippen LogP contribution in [0.1, 0.15) is 17.4 Å². The second kappa shape index (κ2) is 9.67. The van der Waals surface area contributed by atoms with Crippen molar-refractivity contribution >= 4 is 23.3 Å². The molecule has 1 unspecified atom stereocenters. The normalized spacial score (nSPS) is 17.4. The van der Waals surface area contributed by atoms with E-state index in [-0.39, 0.29) is 11.9 Å². The number of rotatable bonds is 7. The number of nitrogens with zero attached hydrogens (tertiary/aromatic N) is 2. The van der Waals surface area contributed by atoms with Crippen molar-refractivity contribution in [2.45, 2.75) is 19.5 Å². The van der Waals surface area contributed by atoms with Crippen LogP contribution in [-0.4, -0.2) is 54.5 Å². The van der Waals surface area contributed by atoms with E-state index in [1.54, 1.807) is 11.3 Å². The van der Waals surface area contributed by atoms with Gasteiger partial charge in [-0.05, 0) is 23.9 Å². The Kier molecular flexibility index (Phi) is 7.00. The molecule has 0 saturated carbocycles. The van der Waals surface area contributed by atoms with Crippen LogP contribution in [0.15, 0.2) is 53.9 Å². The van der Waals surface area contributed by atoms with E-state index in [0.717, 1.165) is 32.7 Å². The zero-order valence-corrected chi connectivity index (χ0v) is 16.1. The zero-order chi connectivity index (χ0) is 18.2. The standard InChI is InChI=1S/C21H27N3OS/c1-18(21(25)22-17-20-10-6-16-26-20)24-14-12-23(13-15-24)11-5-9-19-7-3-2-4-8-19/h2-10,16,18H,11-15,17H2,1H3,(H,22,25)/b9-5+. The van der Waals surface area contributed by atoms with Gasteiger partial charge in [0.25, 0.3) is 0 Å². The first-order chi connectivity index (χ1) is 12.7. The van der Waals surface area contributed by atoms with Gasteiger partial charge in [0.2, 0.25) is 5.91 Å². The third-order valence-corrected chi connectivity index (χ3v) is 5.70. The number of hydrogen-bond acceptors (Lipinski definition) is 4. The third-order valence-electron chi connectivity index (χ3n) is 4.82. The monoisotopic (exact) mass is 369 g/mol. The van der Waals surface area contributed by atoms with Gasteiger partial charge >= 0.3 is 0 Å². The van der Waals surface area contributed by atoms with Crippen LogP contribution in [0.4, 0.5) is 0 Å². The van der Waals surface area contributed by atoms with E-state index in [1.807, 2.05) is 24.4 Å². The molecular weight excluding hydrogens is 342 g/mol. The Morgan fingerprint density at radius 1 is 1.15 bits per heavy atom. The Balaban J connectivity index is 1.38. The van der Waals surface area contributed by atoms with Crippen molar-refractivity contribution in [3.05, 3.63) is 64.4 Å². The van der Waals surface area contributed by atoms with E-state index in [1.165, 1.54) is 10.4 Å². The van der Waals surface area contributed by atoms with Crippen molar-refractivity contribution in [1.82, 2.24) is 15.1 Å². The Morgan fingerprint density at radius 2 is 1.92 bits per heavy atom. The maximum Gasteiger partial charge on any atom is 0.237 e. The van der Waals surface area contributed by atoms with Crippen molar-refractivity contribution in [2.75, 3.05) is 32.7 Å². The van der Waals surface area contributed by atoms with Crippen molar-refractivity contribution in [3.8, 4) is 0 Å². The van der Waals surface area contributed by atoms with Crippen LogP contribution >= 0.6 is 11.3 Å². The van der Waals surface area contributed by atoms with Gasteiger partial charge in [0.15, 0.2) is 0 Å². The Labute approximate surface area is 160 Å². The molecule has 2 aromatic rings. The maximum absolute atomic E-state index is 12.4. The van der Waals surface area contributed by atoms with Gasteiger partial charge in [0.05, 0.1) is 12.6 Å². The van der Waals surface area contributed by atoms with E-state index in [0.29, 0.717) is 6.54 Å². The number of benzene rings is 1. The average Bonchev–Trinajstić information content (AvgIpc) is 3.20. The van der Waals surface area contributed by atoms with Crippen molar-refractivity contribution < 1.29 is 4.79 Å². The molecule has 0 spiro atoms. The highest BCUT2D eigenvalue weighted by atomic mass is 32.1. The molecule has 1 saturated heterocycles. The first-order valence-corrected chi connectivity index (χ1v) is 10.1. The molecule has 5 heteroatoms. The summed E-state index contributed by atoms with van der Waals surface area (Å²) in [6, 6.07) is 14.4. The highest BCUT2D eigenvalue weighted by molar-refractivity contribution is 7.09. The highest BCUT2D eigenvalue weighted by Gasteiger charge is 2.24. The van der Waals surface area contributed by atoms with Crippen molar-refractivity contribution in [3.63, 3.8) is 0 Å². The second-order valence-corrected chi connectivity index (χ2v) is 7.66. The van der Waals surface area contributed by atoms with Gasteiger partial charge in [-0.15, -0.1) is 11.3 Å². The van der Waals surface area contributed by atoms with Crippen LogP contribution < -0.4 is 5.32 Å². The number of thiophene rings is 1. The summed E-state index contributed by atoms with van der Waals surface area (Å²) in [4.78, 5) is 18.3. The number of carbonyl (C=O) groups excluding carboxylic acids is 1. The van der Waals surface area contributed by atoms with Gasteiger partial charge in [-0.2, -0.15) is 0 Å². The van der Waals surface area contributed by atoms with Gasteiger partial charge in [-0.3, -0.25) is 14.6 Å². The van der Waals surface area contributed by atoms with Crippen molar-refractivity contribution in [1.29, 1.82) is 0 Å². The predicted octanol–water partition coefficient (Wildman–Crippen LogP) is 3.08. The summed E-state index contributed by atoms with van der Waals surface area (Å²) < 4.78 is 0. The highest BCUT2D eigenvalue weighted by Crippen LogP contribution is 2.10. The largest absolute Gasteiger partial charge is 0.350 e. The second-order valence-electron chi connectivity index (χ2n) is 6.62. The van der Waals surface area contributed by atoms with Gasteiger partial charge in [-0.25, -0.2) is 0 Å². The molecule has 2 heterocycles. The molecule has 0 bridgehead atoms. The Bertz CT molecular complexity index is 691. The molecule has 3 rings (SSSR count). The maximum atomic E-state index is 12.4. The average molecular weight is 370 g/mol. The lowest BCUT2D eigenvalue weighted by Gasteiger charge is -2.37. The van der Waals surface area contributed by atoms with E-state index in [4.69, 9.17) is 0 Å². The molecule has 1 aromatic heterocycles. The summed E-state index contributed by atoms with van der Waals surface area (Å²) in [5, 5.41) is 5.09. The Hall–Kier alpha value is -1.95. The van der Waals surface area contributed by atoms with Gasteiger partial charge in [-0.1, -0.05) is 48.6 Å². The predicted molar refractivity (Wildman–Crippen MR) is 109 cm³/mol. The lowest BCUT2D eigenvalue weighted by atomic mass is 10.2.